The first-order valence-electron chi connectivity index (χ1n) is 7.40. The molecule has 1 saturated carbocycles. The lowest BCUT2D eigenvalue weighted by atomic mass is 9.85. The highest BCUT2D eigenvalue weighted by Gasteiger charge is 2.18. The molecule has 1 aliphatic rings. The SMILES string of the molecule is CCNC(CCC1CCCCC1)c1ncccn1. The zero-order valence-corrected chi connectivity index (χ0v) is 11.4. The van der Waals surface area contributed by atoms with E-state index >= 15 is 0 Å². The van der Waals surface area contributed by atoms with Gasteiger partial charge in [0.1, 0.15) is 5.82 Å². The molecule has 0 aliphatic heterocycles. The first-order valence-corrected chi connectivity index (χ1v) is 7.40. The third-order valence-corrected chi connectivity index (χ3v) is 3.94. The van der Waals surface area contributed by atoms with Gasteiger partial charge in [-0.3, -0.25) is 0 Å². The van der Waals surface area contributed by atoms with Crippen molar-refractivity contribution >= 4 is 0 Å². The van der Waals surface area contributed by atoms with E-state index in [1.165, 1.54) is 44.9 Å². The summed E-state index contributed by atoms with van der Waals surface area (Å²) in [6, 6.07) is 2.21. The van der Waals surface area contributed by atoms with Gasteiger partial charge in [0.05, 0.1) is 6.04 Å². The van der Waals surface area contributed by atoms with Crippen LogP contribution in [0.3, 0.4) is 0 Å². The molecule has 18 heavy (non-hydrogen) atoms. The average Bonchev–Trinajstić information content (AvgIpc) is 2.45. The van der Waals surface area contributed by atoms with Crippen molar-refractivity contribution in [3.05, 3.63) is 24.3 Å². The Morgan fingerprint density at radius 3 is 2.61 bits per heavy atom. The van der Waals surface area contributed by atoms with E-state index in [2.05, 4.69) is 22.2 Å². The van der Waals surface area contributed by atoms with Gasteiger partial charge >= 0.3 is 0 Å². The maximum absolute atomic E-state index is 4.39. The van der Waals surface area contributed by atoms with Gasteiger partial charge in [-0.05, 0) is 31.4 Å². The van der Waals surface area contributed by atoms with Gasteiger partial charge in [0.15, 0.2) is 0 Å². The second-order valence-electron chi connectivity index (χ2n) is 5.30. The molecule has 0 bridgehead atoms. The molecule has 1 aromatic heterocycles. The zero-order valence-electron chi connectivity index (χ0n) is 11.4. The summed E-state index contributed by atoms with van der Waals surface area (Å²) < 4.78 is 0. The number of hydrogen-bond donors (Lipinski definition) is 1. The molecule has 1 heterocycles. The predicted molar refractivity (Wildman–Crippen MR) is 74.3 cm³/mol. The van der Waals surface area contributed by atoms with Crippen LogP contribution in [0.25, 0.3) is 0 Å². The Kier molecular flexibility index (Phi) is 5.59. The summed E-state index contributed by atoms with van der Waals surface area (Å²) >= 11 is 0. The predicted octanol–water partition coefficient (Wildman–Crippen LogP) is 3.49. The van der Waals surface area contributed by atoms with Crippen molar-refractivity contribution in [2.24, 2.45) is 5.92 Å². The molecule has 1 aromatic rings. The topological polar surface area (TPSA) is 37.8 Å². The van der Waals surface area contributed by atoms with E-state index in [9.17, 15) is 0 Å². The lowest BCUT2D eigenvalue weighted by Gasteiger charge is -2.24. The van der Waals surface area contributed by atoms with E-state index in [0.29, 0.717) is 6.04 Å². The summed E-state index contributed by atoms with van der Waals surface area (Å²) in [5.41, 5.74) is 0. The molecule has 1 fully saturated rings. The fourth-order valence-corrected chi connectivity index (χ4v) is 2.94. The third kappa shape index (κ3) is 4.05. The van der Waals surface area contributed by atoms with Crippen LogP contribution in [0.4, 0.5) is 0 Å². The molecule has 100 valence electrons. The van der Waals surface area contributed by atoms with Crippen molar-refractivity contribution in [1.82, 2.24) is 15.3 Å². The summed E-state index contributed by atoms with van der Waals surface area (Å²) in [6.45, 7) is 3.13. The van der Waals surface area contributed by atoms with Crippen molar-refractivity contribution < 1.29 is 0 Å². The Balaban J connectivity index is 1.86. The highest BCUT2D eigenvalue weighted by molar-refractivity contribution is 4.96. The smallest absolute Gasteiger partial charge is 0.145 e. The van der Waals surface area contributed by atoms with Crippen molar-refractivity contribution in [2.75, 3.05) is 6.54 Å². The van der Waals surface area contributed by atoms with Crippen LogP contribution in [-0.2, 0) is 0 Å². The van der Waals surface area contributed by atoms with Crippen molar-refractivity contribution in [3.8, 4) is 0 Å². The normalized spacial score (nSPS) is 18.7. The monoisotopic (exact) mass is 247 g/mol. The largest absolute Gasteiger partial charge is 0.308 e. The molecule has 3 heteroatoms. The minimum atomic E-state index is 0.332. The minimum Gasteiger partial charge on any atom is -0.308 e. The molecule has 1 N–H and O–H groups in total. The number of aromatic nitrogens is 2. The molecule has 2 rings (SSSR count). The summed E-state index contributed by atoms with van der Waals surface area (Å²) in [6.07, 6.45) is 13.3. The van der Waals surface area contributed by atoms with E-state index in [-0.39, 0.29) is 0 Å². The van der Waals surface area contributed by atoms with Crippen LogP contribution in [0.2, 0.25) is 0 Å². The van der Waals surface area contributed by atoms with Crippen LogP contribution in [-0.4, -0.2) is 16.5 Å². The number of nitrogens with one attached hydrogen (secondary N) is 1. The van der Waals surface area contributed by atoms with E-state index < -0.39 is 0 Å². The maximum Gasteiger partial charge on any atom is 0.145 e. The van der Waals surface area contributed by atoms with Gasteiger partial charge < -0.3 is 5.32 Å². The van der Waals surface area contributed by atoms with Gasteiger partial charge in [0, 0.05) is 12.4 Å². The molecule has 0 amide bonds. The quantitative estimate of drug-likeness (QED) is 0.836. The Labute approximate surface area is 110 Å². The van der Waals surface area contributed by atoms with Crippen LogP contribution in [0.1, 0.15) is 63.7 Å². The molecule has 1 unspecified atom stereocenters. The fraction of sp³-hybridized carbons (Fsp3) is 0.733. The molecular formula is C15H25N3. The first-order chi connectivity index (χ1) is 8.90. The Hall–Kier alpha value is -0.960. The van der Waals surface area contributed by atoms with Gasteiger partial charge in [-0.1, -0.05) is 39.0 Å². The Morgan fingerprint density at radius 1 is 1.22 bits per heavy atom. The van der Waals surface area contributed by atoms with Crippen LogP contribution in [0.15, 0.2) is 18.5 Å². The second-order valence-corrected chi connectivity index (χ2v) is 5.30. The Morgan fingerprint density at radius 2 is 1.94 bits per heavy atom. The summed E-state index contributed by atoms with van der Waals surface area (Å²) in [5, 5.41) is 3.51. The van der Waals surface area contributed by atoms with E-state index in [4.69, 9.17) is 0 Å². The lowest BCUT2D eigenvalue weighted by molar-refractivity contribution is 0.312. The molecule has 1 aliphatic carbocycles. The first kappa shape index (κ1) is 13.5. The number of hydrogen-bond acceptors (Lipinski definition) is 3. The summed E-state index contributed by atoms with van der Waals surface area (Å²) in [5.74, 6) is 1.89. The lowest BCUT2D eigenvalue weighted by Crippen LogP contribution is -2.24. The molecule has 0 radical (unpaired) electrons. The van der Waals surface area contributed by atoms with Gasteiger partial charge in [0.2, 0.25) is 0 Å². The highest BCUT2D eigenvalue weighted by atomic mass is 15.0. The molecule has 3 nitrogen and oxygen atoms in total. The average molecular weight is 247 g/mol. The molecule has 0 saturated heterocycles. The van der Waals surface area contributed by atoms with Gasteiger partial charge in [-0.2, -0.15) is 0 Å². The summed E-state index contributed by atoms with van der Waals surface area (Å²) in [4.78, 5) is 8.78. The fourth-order valence-electron chi connectivity index (χ4n) is 2.94. The molecule has 0 aromatic carbocycles. The molecule has 0 spiro atoms. The van der Waals surface area contributed by atoms with E-state index in [1.807, 2.05) is 18.5 Å². The maximum atomic E-state index is 4.39. The second kappa shape index (κ2) is 7.47. The number of rotatable bonds is 6. The van der Waals surface area contributed by atoms with Gasteiger partial charge in [-0.25, -0.2) is 9.97 Å². The third-order valence-electron chi connectivity index (χ3n) is 3.94. The minimum absolute atomic E-state index is 0.332. The van der Waals surface area contributed by atoms with E-state index in [1.54, 1.807) is 0 Å². The van der Waals surface area contributed by atoms with Crippen LogP contribution in [0.5, 0.6) is 0 Å². The Bertz CT molecular complexity index is 320. The van der Waals surface area contributed by atoms with Crippen LogP contribution >= 0.6 is 0 Å². The van der Waals surface area contributed by atoms with Crippen LogP contribution in [0, 0.1) is 5.92 Å². The zero-order chi connectivity index (χ0) is 12.6. The van der Waals surface area contributed by atoms with Gasteiger partial charge in [0.25, 0.3) is 0 Å². The van der Waals surface area contributed by atoms with Crippen molar-refractivity contribution in [3.63, 3.8) is 0 Å². The van der Waals surface area contributed by atoms with Crippen molar-refractivity contribution in [1.29, 1.82) is 0 Å². The summed E-state index contributed by atoms with van der Waals surface area (Å²) in [7, 11) is 0. The molecule has 1 atom stereocenters. The highest BCUT2D eigenvalue weighted by Crippen LogP contribution is 2.29. The van der Waals surface area contributed by atoms with Crippen molar-refractivity contribution in [2.45, 2.75) is 57.9 Å². The van der Waals surface area contributed by atoms with Crippen LogP contribution < -0.4 is 5.32 Å². The van der Waals surface area contributed by atoms with E-state index in [0.717, 1.165) is 18.3 Å². The number of nitrogens with zero attached hydrogens (tertiary/aromatic N) is 2. The standard InChI is InChI=1S/C15H25N3/c1-2-16-14(15-17-11-6-12-18-15)10-9-13-7-4-3-5-8-13/h6,11-14,16H,2-5,7-10H2,1H3. The molecular weight excluding hydrogens is 222 g/mol. The van der Waals surface area contributed by atoms with Gasteiger partial charge in [-0.15, -0.1) is 0 Å².